The van der Waals surface area contributed by atoms with Gasteiger partial charge in [0.15, 0.2) is 12.1 Å². The molecular weight excluding hydrogens is 410 g/mol. The second kappa shape index (κ2) is 10.7. The number of piperidine rings is 3. The molecule has 3 aliphatic rings. The summed E-state index contributed by atoms with van der Waals surface area (Å²) in [6, 6.07) is 10.7. The number of carbonyl (C=O) groups excluding carboxylic acids is 2. The molecule has 0 aromatic heterocycles. The number of rotatable bonds is 6. The molecule has 2 aromatic rings. The second-order valence-corrected chi connectivity index (χ2v) is 7.49. The Kier molecular flexibility index (Phi) is 7.76. The number of nitrogens with zero attached hydrogens (tertiary/aromatic N) is 1. The third kappa shape index (κ3) is 5.04. The maximum absolute atomic E-state index is 12.3. The van der Waals surface area contributed by atoms with Crippen LogP contribution in [0, 0.1) is 5.92 Å². The van der Waals surface area contributed by atoms with Crippen LogP contribution in [0.2, 0.25) is 0 Å². The van der Waals surface area contributed by atoms with Gasteiger partial charge in [0.05, 0.1) is 39.7 Å². The van der Waals surface area contributed by atoms with Gasteiger partial charge in [-0.3, -0.25) is 9.59 Å². The molecule has 0 amide bonds. The highest BCUT2D eigenvalue weighted by Crippen LogP contribution is 2.34. The molecule has 7 heteroatoms. The van der Waals surface area contributed by atoms with E-state index < -0.39 is 0 Å². The molecule has 3 fully saturated rings. The first-order chi connectivity index (χ1) is 15.5. The van der Waals surface area contributed by atoms with Gasteiger partial charge in [-0.25, -0.2) is 0 Å². The van der Waals surface area contributed by atoms with E-state index in [0.717, 1.165) is 55.0 Å². The first kappa shape index (κ1) is 23.2. The quantitative estimate of drug-likeness (QED) is 0.500. The number of aldehydes is 1. The Bertz CT molecular complexity index is 992. The minimum absolute atomic E-state index is 0.218. The number of allylic oxidation sites excluding steroid dienone is 1. The number of ketones is 1. The number of methoxy groups -OCH3 is 4. The molecule has 0 saturated carbocycles. The molecule has 3 aliphatic heterocycles. The summed E-state index contributed by atoms with van der Waals surface area (Å²) in [5, 5.41) is 0. The van der Waals surface area contributed by atoms with Crippen molar-refractivity contribution < 1.29 is 28.5 Å². The van der Waals surface area contributed by atoms with Crippen molar-refractivity contribution in [3.05, 3.63) is 53.2 Å². The van der Waals surface area contributed by atoms with Crippen LogP contribution in [-0.2, 0) is 4.79 Å². The molecule has 5 rings (SSSR count). The average molecular weight is 440 g/mol. The number of Topliss-reactive ketones (excluding diaryl/α,β-unsaturated/α-hetero) is 1. The van der Waals surface area contributed by atoms with Crippen molar-refractivity contribution in [3.63, 3.8) is 0 Å². The fourth-order valence-corrected chi connectivity index (χ4v) is 3.91. The molecule has 2 bridgehead atoms. The molecule has 32 heavy (non-hydrogen) atoms. The fourth-order valence-electron chi connectivity index (χ4n) is 3.91. The van der Waals surface area contributed by atoms with Crippen LogP contribution in [0.15, 0.2) is 42.1 Å². The van der Waals surface area contributed by atoms with Crippen LogP contribution < -0.4 is 18.9 Å². The Labute approximate surface area is 188 Å². The van der Waals surface area contributed by atoms with Gasteiger partial charge in [0.1, 0.15) is 23.0 Å². The number of carbonyl (C=O) groups is 2. The number of benzene rings is 2. The Balaban J connectivity index is 0.000000207. The molecule has 170 valence electrons. The molecule has 0 radical (unpaired) electrons. The highest BCUT2D eigenvalue weighted by Gasteiger charge is 2.36. The first-order valence-corrected chi connectivity index (χ1v) is 10.4. The molecule has 3 heterocycles. The van der Waals surface area contributed by atoms with E-state index in [4.69, 9.17) is 18.9 Å². The minimum Gasteiger partial charge on any atom is -0.497 e. The molecule has 0 unspecified atom stereocenters. The summed E-state index contributed by atoms with van der Waals surface area (Å²) in [5.74, 6) is 3.19. The van der Waals surface area contributed by atoms with E-state index in [1.807, 2.05) is 24.3 Å². The van der Waals surface area contributed by atoms with Gasteiger partial charge in [0.2, 0.25) is 0 Å². The Morgan fingerprint density at radius 2 is 1.34 bits per heavy atom. The van der Waals surface area contributed by atoms with Crippen molar-refractivity contribution >= 4 is 18.1 Å². The maximum Gasteiger partial charge on any atom is 0.182 e. The van der Waals surface area contributed by atoms with Crippen molar-refractivity contribution in [3.8, 4) is 23.0 Å². The Hall–Kier alpha value is -3.48. The number of hydrogen-bond donors (Lipinski definition) is 0. The van der Waals surface area contributed by atoms with Crippen molar-refractivity contribution in [1.29, 1.82) is 0 Å². The second-order valence-electron chi connectivity index (χ2n) is 7.49. The normalized spacial score (nSPS) is 16.3. The summed E-state index contributed by atoms with van der Waals surface area (Å²) >= 11 is 0. The lowest BCUT2D eigenvalue weighted by Gasteiger charge is -2.41. The molecular formula is C25H29NO6. The van der Waals surface area contributed by atoms with Crippen LogP contribution >= 0.6 is 0 Å². The summed E-state index contributed by atoms with van der Waals surface area (Å²) in [6.45, 7) is 1.97. The third-order valence-corrected chi connectivity index (χ3v) is 5.76. The summed E-state index contributed by atoms with van der Waals surface area (Å²) in [4.78, 5) is 25.0. The standard InChI is InChI=1S/C16H19NO3.C9H10O3/c1-19-13-4-3-12(15(10-13)20-2)9-14-16(18)11-5-7-17(14)8-6-11;1-11-8-4-3-7(6-10)9(5-8)12-2/h3-4,9-11H,5-8H2,1-2H3;3-6H,1-2H3. The van der Waals surface area contributed by atoms with E-state index in [0.29, 0.717) is 17.1 Å². The largest absolute Gasteiger partial charge is 0.497 e. The van der Waals surface area contributed by atoms with Crippen molar-refractivity contribution in [2.75, 3.05) is 41.5 Å². The van der Waals surface area contributed by atoms with E-state index >= 15 is 0 Å². The topological polar surface area (TPSA) is 74.3 Å². The summed E-state index contributed by atoms with van der Waals surface area (Å²) < 4.78 is 20.5. The monoisotopic (exact) mass is 439 g/mol. The van der Waals surface area contributed by atoms with Crippen molar-refractivity contribution in [2.24, 2.45) is 5.92 Å². The van der Waals surface area contributed by atoms with Crippen LogP contribution in [-0.4, -0.2) is 58.5 Å². The molecule has 7 nitrogen and oxygen atoms in total. The summed E-state index contributed by atoms with van der Waals surface area (Å²) in [6.07, 6.45) is 4.69. The van der Waals surface area contributed by atoms with Gasteiger partial charge in [-0.1, -0.05) is 0 Å². The molecule has 2 aromatic carbocycles. The van der Waals surface area contributed by atoms with Crippen LogP contribution in [0.25, 0.3) is 6.08 Å². The van der Waals surface area contributed by atoms with Gasteiger partial charge in [-0.15, -0.1) is 0 Å². The van der Waals surface area contributed by atoms with Gasteiger partial charge < -0.3 is 23.8 Å². The molecule has 0 N–H and O–H groups in total. The fraction of sp³-hybridized carbons (Fsp3) is 0.360. The van der Waals surface area contributed by atoms with Crippen molar-refractivity contribution in [2.45, 2.75) is 12.8 Å². The molecule has 0 atom stereocenters. The lowest BCUT2D eigenvalue weighted by atomic mass is 9.84. The number of fused-ring (bicyclic) bond motifs is 3. The summed E-state index contributed by atoms with van der Waals surface area (Å²) in [5.41, 5.74) is 2.28. The maximum atomic E-state index is 12.3. The third-order valence-electron chi connectivity index (χ3n) is 5.76. The zero-order valence-electron chi connectivity index (χ0n) is 18.9. The SMILES string of the molecule is COc1ccc(C=C2C(=O)C3CCN2CC3)c(OC)c1.COc1ccc(C=O)c(OC)c1. The smallest absolute Gasteiger partial charge is 0.182 e. The highest BCUT2D eigenvalue weighted by molar-refractivity contribution is 6.02. The highest BCUT2D eigenvalue weighted by atomic mass is 16.5. The zero-order chi connectivity index (χ0) is 23.1. The predicted molar refractivity (Wildman–Crippen MR) is 122 cm³/mol. The minimum atomic E-state index is 0.218. The van der Waals surface area contributed by atoms with Gasteiger partial charge >= 0.3 is 0 Å². The number of hydrogen-bond acceptors (Lipinski definition) is 7. The Morgan fingerprint density at radius 1 is 0.812 bits per heavy atom. The van der Waals surface area contributed by atoms with Crippen LogP contribution in [0.5, 0.6) is 23.0 Å². The molecule has 0 aliphatic carbocycles. The van der Waals surface area contributed by atoms with Gasteiger partial charge in [-0.05, 0) is 43.2 Å². The first-order valence-electron chi connectivity index (χ1n) is 10.4. The van der Waals surface area contributed by atoms with E-state index in [-0.39, 0.29) is 11.7 Å². The summed E-state index contributed by atoms with van der Waals surface area (Å²) in [7, 11) is 6.34. The molecule has 0 spiro atoms. The van der Waals surface area contributed by atoms with Crippen molar-refractivity contribution in [1.82, 2.24) is 4.90 Å². The average Bonchev–Trinajstić information content (AvgIpc) is 2.86. The van der Waals surface area contributed by atoms with Crippen LogP contribution in [0.3, 0.4) is 0 Å². The zero-order valence-corrected chi connectivity index (χ0v) is 18.9. The van der Waals surface area contributed by atoms with E-state index in [2.05, 4.69) is 4.90 Å². The van der Waals surface area contributed by atoms with E-state index in [1.54, 1.807) is 39.5 Å². The van der Waals surface area contributed by atoms with Crippen LogP contribution in [0.1, 0.15) is 28.8 Å². The Morgan fingerprint density at radius 3 is 1.81 bits per heavy atom. The van der Waals surface area contributed by atoms with E-state index in [1.165, 1.54) is 7.11 Å². The van der Waals surface area contributed by atoms with Gasteiger partial charge in [0, 0.05) is 36.7 Å². The predicted octanol–water partition coefficient (Wildman–Crippen LogP) is 3.86. The van der Waals surface area contributed by atoms with E-state index in [9.17, 15) is 9.59 Å². The van der Waals surface area contributed by atoms with Crippen LogP contribution in [0.4, 0.5) is 0 Å². The number of ether oxygens (including phenoxy) is 4. The molecule has 3 saturated heterocycles. The lowest BCUT2D eigenvalue weighted by Crippen LogP contribution is -2.45. The van der Waals surface area contributed by atoms with Gasteiger partial charge in [-0.2, -0.15) is 0 Å². The van der Waals surface area contributed by atoms with Gasteiger partial charge in [0.25, 0.3) is 0 Å². The lowest BCUT2D eigenvalue weighted by molar-refractivity contribution is -0.125.